The van der Waals surface area contributed by atoms with Crippen LogP contribution in [0.25, 0.3) is 0 Å². The summed E-state index contributed by atoms with van der Waals surface area (Å²) in [6.45, 7) is 2.43. The Balaban J connectivity index is 1.26. The average Bonchev–Trinajstić information content (AvgIpc) is 2.97. The molecule has 1 aliphatic carbocycles. The highest BCUT2D eigenvalue weighted by atomic mass is 16.2. The largest absolute Gasteiger partial charge is 0.313 e. The Kier molecular flexibility index (Phi) is 4.71. The van der Waals surface area contributed by atoms with Crippen molar-refractivity contribution >= 4 is 23.6 Å². The van der Waals surface area contributed by atoms with Crippen molar-refractivity contribution in [3.8, 4) is 0 Å². The van der Waals surface area contributed by atoms with E-state index in [9.17, 15) is 19.2 Å². The molecular formula is C22H26N4O4. The van der Waals surface area contributed by atoms with Crippen LogP contribution in [0.3, 0.4) is 0 Å². The lowest BCUT2D eigenvalue weighted by Gasteiger charge is -2.53. The zero-order chi connectivity index (χ0) is 20.9. The van der Waals surface area contributed by atoms with Crippen LogP contribution >= 0.6 is 0 Å². The lowest BCUT2D eigenvalue weighted by molar-refractivity contribution is -0.136. The average molecular weight is 410 g/mol. The first-order valence-corrected chi connectivity index (χ1v) is 10.8. The smallest absolute Gasteiger partial charge is 0.262 e. The highest BCUT2D eigenvalue weighted by Gasteiger charge is 2.47. The first-order chi connectivity index (χ1) is 14.5. The summed E-state index contributed by atoms with van der Waals surface area (Å²) in [7, 11) is 0. The molecule has 0 aromatic heterocycles. The highest BCUT2D eigenvalue weighted by Crippen LogP contribution is 2.45. The second-order valence-corrected chi connectivity index (χ2v) is 8.98. The van der Waals surface area contributed by atoms with Crippen LogP contribution in [0.1, 0.15) is 64.8 Å². The quantitative estimate of drug-likeness (QED) is 0.471. The van der Waals surface area contributed by atoms with Crippen molar-refractivity contribution in [1.29, 1.82) is 0 Å². The molecule has 2 bridgehead atoms. The molecule has 3 N–H and O–H groups in total. The predicted octanol–water partition coefficient (Wildman–Crippen LogP) is 0.710. The maximum atomic E-state index is 13.1. The molecule has 3 saturated heterocycles. The molecule has 5 aliphatic rings. The first kappa shape index (κ1) is 19.4. The number of carbonyl (C=O) groups is 4. The Morgan fingerprint density at radius 1 is 1.10 bits per heavy atom. The molecule has 1 saturated carbocycles. The summed E-state index contributed by atoms with van der Waals surface area (Å²) in [6, 6.07) is 4.32. The third kappa shape index (κ3) is 3.15. The van der Waals surface area contributed by atoms with Gasteiger partial charge >= 0.3 is 0 Å². The molecule has 1 atom stereocenters. The van der Waals surface area contributed by atoms with Gasteiger partial charge in [-0.2, -0.15) is 0 Å². The van der Waals surface area contributed by atoms with E-state index in [-0.39, 0.29) is 24.3 Å². The molecule has 4 amide bonds. The maximum Gasteiger partial charge on any atom is 0.262 e. The number of carbonyl (C=O) groups excluding carboxylic acids is 4. The summed E-state index contributed by atoms with van der Waals surface area (Å²) in [5, 5.41) is 9.31. The number of nitrogens with one attached hydrogen (secondary N) is 3. The Bertz CT molecular complexity index is 932. The zero-order valence-corrected chi connectivity index (χ0v) is 16.8. The van der Waals surface area contributed by atoms with Crippen LogP contribution < -0.4 is 16.0 Å². The number of benzene rings is 1. The molecule has 8 heteroatoms. The summed E-state index contributed by atoms with van der Waals surface area (Å²) >= 11 is 0. The van der Waals surface area contributed by atoms with Crippen molar-refractivity contribution in [2.24, 2.45) is 5.92 Å². The second kappa shape index (κ2) is 7.28. The molecule has 4 heterocycles. The van der Waals surface area contributed by atoms with Gasteiger partial charge in [0.1, 0.15) is 6.04 Å². The topological polar surface area (TPSA) is 108 Å². The summed E-state index contributed by atoms with van der Waals surface area (Å²) < 4.78 is 0. The Morgan fingerprint density at radius 2 is 1.93 bits per heavy atom. The van der Waals surface area contributed by atoms with Crippen LogP contribution in [0.15, 0.2) is 18.2 Å². The fourth-order valence-electron chi connectivity index (χ4n) is 5.51. The van der Waals surface area contributed by atoms with Crippen molar-refractivity contribution in [2.75, 3.05) is 13.1 Å². The van der Waals surface area contributed by atoms with E-state index in [0.29, 0.717) is 17.7 Å². The van der Waals surface area contributed by atoms with Crippen LogP contribution in [0.5, 0.6) is 0 Å². The van der Waals surface area contributed by atoms with E-state index < -0.39 is 23.8 Å². The number of imide groups is 2. The molecule has 30 heavy (non-hydrogen) atoms. The molecule has 0 spiro atoms. The number of hydrogen-bond donors (Lipinski definition) is 3. The van der Waals surface area contributed by atoms with E-state index in [4.69, 9.17) is 0 Å². The molecular weight excluding hydrogens is 384 g/mol. The van der Waals surface area contributed by atoms with Gasteiger partial charge in [0, 0.05) is 18.5 Å². The van der Waals surface area contributed by atoms with Crippen LogP contribution in [0.2, 0.25) is 0 Å². The number of amides is 4. The SMILES string of the molecule is O=C1CCC(N2C(=O)c3cccc(CNCCC45CC(CCN4)C5)c3C2=O)C(=O)N1. The van der Waals surface area contributed by atoms with Crippen molar-refractivity contribution < 1.29 is 19.2 Å². The second-order valence-electron chi connectivity index (χ2n) is 8.98. The Labute approximate surface area is 174 Å². The van der Waals surface area contributed by atoms with E-state index in [0.717, 1.165) is 35.9 Å². The summed E-state index contributed by atoms with van der Waals surface area (Å²) in [4.78, 5) is 50.6. The summed E-state index contributed by atoms with van der Waals surface area (Å²) in [5.41, 5.74) is 1.75. The summed E-state index contributed by atoms with van der Waals surface area (Å²) in [6.07, 6.45) is 5.13. The minimum absolute atomic E-state index is 0.120. The molecule has 4 fully saturated rings. The number of hydrogen-bond acceptors (Lipinski definition) is 6. The van der Waals surface area contributed by atoms with E-state index in [1.54, 1.807) is 12.1 Å². The number of rotatable bonds is 6. The van der Waals surface area contributed by atoms with Gasteiger partial charge in [-0.25, -0.2) is 0 Å². The van der Waals surface area contributed by atoms with E-state index >= 15 is 0 Å². The van der Waals surface area contributed by atoms with Crippen molar-refractivity contribution in [2.45, 2.75) is 56.7 Å². The number of fused-ring (bicyclic) bond motifs is 3. The van der Waals surface area contributed by atoms with Crippen LogP contribution in [-0.4, -0.2) is 53.2 Å². The molecule has 1 unspecified atom stereocenters. The fraction of sp³-hybridized carbons (Fsp3) is 0.545. The van der Waals surface area contributed by atoms with Gasteiger partial charge in [0.05, 0.1) is 11.1 Å². The van der Waals surface area contributed by atoms with Gasteiger partial charge in [0.25, 0.3) is 11.8 Å². The Morgan fingerprint density at radius 3 is 2.67 bits per heavy atom. The van der Waals surface area contributed by atoms with Crippen molar-refractivity contribution in [3.05, 3.63) is 34.9 Å². The summed E-state index contributed by atoms with van der Waals surface area (Å²) in [5.74, 6) is -0.986. The molecule has 0 radical (unpaired) electrons. The monoisotopic (exact) mass is 410 g/mol. The third-order valence-electron chi connectivity index (χ3n) is 7.06. The lowest BCUT2D eigenvalue weighted by atomic mass is 9.62. The van der Waals surface area contributed by atoms with Gasteiger partial charge < -0.3 is 10.6 Å². The van der Waals surface area contributed by atoms with Crippen molar-refractivity contribution in [3.63, 3.8) is 0 Å². The van der Waals surface area contributed by atoms with Gasteiger partial charge in [-0.1, -0.05) is 12.1 Å². The van der Waals surface area contributed by atoms with Gasteiger partial charge in [-0.15, -0.1) is 0 Å². The van der Waals surface area contributed by atoms with Gasteiger partial charge in [0.2, 0.25) is 11.8 Å². The molecule has 158 valence electrons. The normalized spacial score (nSPS) is 30.2. The molecule has 1 aromatic carbocycles. The van der Waals surface area contributed by atoms with Crippen LogP contribution in [-0.2, 0) is 16.1 Å². The first-order valence-electron chi connectivity index (χ1n) is 10.8. The van der Waals surface area contributed by atoms with Gasteiger partial charge in [-0.3, -0.25) is 29.4 Å². The van der Waals surface area contributed by atoms with Crippen LogP contribution in [0, 0.1) is 5.92 Å². The Hall–Kier alpha value is -2.58. The van der Waals surface area contributed by atoms with Gasteiger partial charge in [0.15, 0.2) is 0 Å². The molecule has 6 rings (SSSR count). The minimum Gasteiger partial charge on any atom is -0.313 e. The fourth-order valence-corrected chi connectivity index (χ4v) is 5.51. The van der Waals surface area contributed by atoms with E-state index in [1.165, 1.54) is 19.3 Å². The number of nitrogens with zero attached hydrogens (tertiary/aromatic N) is 1. The molecule has 8 nitrogen and oxygen atoms in total. The standard InChI is InChI=1S/C22H26N4O4/c27-17-5-4-16(19(28)25-17)26-20(29)15-3-1-2-14(18(15)21(26)30)12-23-9-7-22-10-13(11-22)6-8-24-22/h1-3,13,16,23-24H,4-12H2,(H,25,27,28). The number of piperidine rings is 3. The third-order valence-corrected chi connectivity index (χ3v) is 7.06. The minimum atomic E-state index is -0.932. The highest BCUT2D eigenvalue weighted by molar-refractivity contribution is 6.24. The zero-order valence-electron chi connectivity index (χ0n) is 16.8. The van der Waals surface area contributed by atoms with E-state index in [2.05, 4.69) is 16.0 Å². The maximum absolute atomic E-state index is 13.1. The molecule has 4 aliphatic heterocycles. The van der Waals surface area contributed by atoms with E-state index in [1.807, 2.05) is 6.07 Å². The van der Waals surface area contributed by atoms with Crippen molar-refractivity contribution in [1.82, 2.24) is 20.9 Å². The molecule has 1 aromatic rings. The lowest BCUT2D eigenvalue weighted by Crippen LogP contribution is -2.61. The van der Waals surface area contributed by atoms with Crippen LogP contribution in [0.4, 0.5) is 0 Å². The predicted molar refractivity (Wildman–Crippen MR) is 108 cm³/mol. The van der Waals surface area contributed by atoms with Gasteiger partial charge in [-0.05, 0) is 62.7 Å².